The van der Waals surface area contributed by atoms with Gasteiger partial charge < -0.3 is 14.0 Å². The maximum absolute atomic E-state index is 14.1. The molecular weight excluding hydrogens is 342 g/mol. The van der Waals surface area contributed by atoms with E-state index >= 15 is 0 Å². The van der Waals surface area contributed by atoms with Gasteiger partial charge in [0.05, 0.1) is 11.2 Å². The van der Waals surface area contributed by atoms with Crippen LogP contribution in [0, 0.1) is 5.82 Å². The molecule has 2 aromatic carbocycles. The lowest BCUT2D eigenvalue weighted by atomic mass is 9.79. The van der Waals surface area contributed by atoms with Gasteiger partial charge in [-0.1, -0.05) is 24.3 Å². The van der Waals surface area contributed by atoms with Gasteiger partial charge in [-0.05, 0) is 81.2 Å². The van der Waals surface area contributed by atoms with Crippen LogP contribution >= 0.6 is 0 Å². The van der Waals surface area contributed by atoms with E-state index in [0.29, 0.717) is 12.5 Å². The lowest BCUT2D eigenvalue weighted by Gasteiger charge is -2.32. The fraction of sp³-hybridized carbons (Fsp3) is 0.455. The summed E-state index contributed by atoms with van der Waals surface area (Å²) in [5.41, 5.74) is 1.92. The third kappa shape index (κ3) is 3.76. The molecule has 2 fully saturated rings. The van der Waals surface area contributed by atoms with E-state index in [1.54, 1.807) is 6.07 Å². The molecule has 0 N–H and O–H groups in total. The van der Waals surface area contributed by atoms with Gasteiger partial charge in [0, 0.05) is 0 Å². The van der Waals surface area contributed by atoms with E-state index in [4.69, 9.17) is 14.0 Å². The first-order valence-corrected chi connectivity index (χ1v) is 9.62. The number of ether oxygens (including phenoxy) is 1. The normalized spacial score (nSPS) is 20.7. The van der Waals surface area contributed by atoms with Crippen molar-refractivity contribution in [2.24, 2.45) is 0 Å². The summed E-state index contributed by atoms with van der Waals surface area (Å²) in [5.74, 6) is 1.04. The van der Waals surface area contributed by atoms with Crippen LogP contribution in [0.25, 0.3) is 0 Å². The van der Waals surface area contributed by atoms with Crippen LogP contribution in [0.2, 0.25) is 0 Å². The van der Waals surface area contributed by atoms with E-state index in [0.717, 1.165) is 35.2 Å². The minimum atomic E-state index is -0.381. The third-order valence-corrected chi connectivity index (χ3v) is 5.89. The van der Waals surface area contributed by atoms with E-state index in [1.165, 1.54) is 0 Å². The molecule has 0 radical (unpaired) electrons. The second-order valence-corrected chi connectivity index (χ2v) is 8.58. The number of rotatable bonds is 5. The molecule has 0 unspecified atom stereocenters. The van der Waals surface area contributed by atoms with E-state index in [-0.39, 0.29) is 24.1 Å². The van der Waals surface area contributed by atoms with Crippen LogP contribution < -0.4 is 10.2 Å². The van der Waals surface area contributed by atoms with Gasteiger partial charge in [0.15, 0.2) is 0 Å². The van der Waals surface area contributed by atoms with Crippen LogP contribution in [0.4, 0.5) is 4.39 Å². The van der Waals surface area contributed by atoms with E-state index < -0.39 is 0 Å². The van der Waals surface area contributed by atoms with Gasteiger partial charge in [0.25, 0.3) is 0 Å². The van der Waals surface area contributed by atoms with E-state index in [2.05, 4.69) is 0 Å². The van der Waals surface area contributed by atoms with Crippen molar-refractivity contribution in [3.63, 3.8) is 0 Å². The first kappa shape index (κ1) is 18.5. The van der Waals surface area contributed by atoms with Crippen LogP contribution in [0.3, 0.4) is 0 Å². The quantitative estimate of drug-likeness (QED) is 0.723. The highest BCUT2D eigenvalue weighted by Crippen LogP contribution is 2.41. The zero-order valence-electron chi connectivity index (χ0n) is 16.4. The molecule has 0 amide bonds. The van der Waals surface area contributed by atoms with Crippen LogP contribution in [0.1, 0.15) is 57.6 Å². The van der Waals surface area contributed by atoms with Gasteiger partial charge in [0.1, 0.15) is 18.2 Å². The largest absolute Gasteiger partial charge is 0.494 e. The van der Waals surface area contributed by atoms with E-state index in [1.807, 2.05) is 64.1 Å². The molecule has 0 atom stereocenters. The fourth-order valence-electron chi connectivity index (χ4n) is 3.25. The molecule has 1 heterocycles. The Labute approximate surface area is 161 Å². The Morgan fingerprint density at radius 2 is 1.63 bits per heavy atom. The van der Waals surface area contributed by atoms with Crippen LogP contribution in [-0.4, -0.2) is 18.3 Å². The number of hydrogen-bond acceptors (Lipinski definition) is 3. The van der Waals surface area contributed by atoms with Crippen molar-refractivity contribution in [3.05, 3.63) is 59.4 Å². The second kappa shape index (κ2) is 6.64. The third-order valence-electron chi connectivity index (χ3n) is 5.89. The summed E-state index contributed by atoms with van der Waals surface area (Å²) in [7, 11) is -0.381. The zero-order valence-corrected chi connectivity index (χ0v) is 16.4. The Kier molecular flexibility index (Phi) is 4.56. The minimum absolute atomic E-state index is 0.116. The monoisotopic (exact) mass is 368 g/mol. The topological polar surface area (TPSA) is 27.7 Å². The molecule has 1 aliphatic carbocycles. The van der Waals surface area contributed by atoms with Gasteiger partial charge in [-0.25, -0.2) is 4.39 Å². The van der Waals surface area contributed by atoms with Crippen molar-refractivity contribution < 1.29 is 18.4 Å². The first-order valence-electron chi connectivity index (χ1n) is 9.62. The van der Waals surface area contributed by atoms with Crippen LogP contribution in [0.15, 0.2) is 42.5 Å². The van der Waals surface area contributed by atoms with Crippen molar-refractivity contribution in [1.82, 2.24) is 0 Å². The summed E-state index contributed by atoms with van der Waals surface area (Å²) in [6.07, 6.45) is 2.20. The van der Waals surface area contributed by atoms with Crippen molar-refractivity contribution in [1.29, 1.82) is 0 Å². The summed E-state index contributed by atoms with van der Waals surface area (Å²) in [6, 6.07) is 13.1. The summed E-state index contributed by atoms with van der Waals surface area (Å²) in [4.78, 5) is 0. The molecule has 1 saturated carbocycles. The van der Waals surface area contributed by atoms with Gasteiger partial charge in [-0.15, -0.1) is 0 Å². The number of halogens is 1. The molecule has 5 heteroatoms. The molecular formula is C22H26BFO3. The maximum atomic E-state index is 14.1. The Morgan fingerprint density at radius 1 is 1.00 bits per heavy atom. The highest BCUT2D eigenvalue weighted by molar-refractivity contribution is 6.62. The summed E-state index contributed by atoms with van der Waals surface area (Å²) < 4.78 is 32.1. The van der Waals surface area contributed by atoms with Crippen LogP contribution in [0.5, 0.6) is 5.75 Å². The zero-order chi connectivity index (χ0) is 19.2. The van der Waals surface area contributed by atoms with Crippen LogP contribution in [-0.2, 0) is 15.9 Å². The predicted molar refractivity (Wildman–Crippen MR) is 105 cm³/mol. The Morgan fingerprint density at radius 3 is 2.19 bits per heavy atom. The lowest BCUT2D eigenvalue weighted by Crippen LogP contribution is -2.41. The fourth-order valence-corrected chi connectivity index (χ4v) is 3.25. The smallest absolute Gasteiger partial charge is 0.489 e. The van der Waals surface area contributed by atoms with Crippen molar-refractivity contribution in [2.75, 3.05) is 0 Å². The van der Waals surface area contributed by atoms with Gasteiger partial charge in [0.2, 0.25) is 0 Å². The lowest BCUT2D eigenvalue weighted by molar-refractivity contribution is 0.00578. The average Bonchev–Trinajstić information content (AvgIpc) is 3.41. The Bertz CT molecular complexity index is 812. The standard InChI is InChI=1S/C22H26BFO3/c1-21(2)22(3,4)27-23(26-21)17-8-10-18(11-9-17)25-14-15-5-12-19(16-6-7-16)20(24)13-15/h5,8-13,16H,6-7,14H2,1-4H3. The molecule has 0 spiro atoms. The molecule has 142 valence electrons. The SMILES string of the molecule is CC1(C)OB(c2ccc(OCc3ccc(C4CC4)c(F)c3)cc2)OC1(C)C. The number of benzene rings is 2. The molecule has 3 nitrogen and oxygen atoms in total. The summed E-state index contributed by atoms with van der Waals surface area (Å²) >= 11 is 0. The molecule has 0 bridgehead atoms. The van der Waals surface area contributed by atoms with Gasteiger partial charge in [-0.2, -0.15) is 0 Å². The highest BCUT2D eigenvalue weighted by Gasteiger charge is 2.51. The second-order valence-electron chi connectivity index (χ2n) is 8.58. The summed E-state index contributed by atoms with van der Waals surface area (Å²) in [5, 5.41) is 0. The molecule has 2 aliphatic rings. The summed E-state index contributed by atoms with van der Waals surface area (Å²) in [6.45, 7) is 8.50. The Hall–Kier alpha value is -1.85. The van der Waals surface area contributed by atoms with Gasteiger partial charge in [-0.3, -0.25) is 0 Å². The minimum Gasteiger partial charge on any atom is -0.489 e. The molecule has 2 aromatic rings. The van der Waals surface area contributed by atoms with Crippen molar-refractivity contribution in [3.8, 4) is 5.75 Å². The Balaban J connectivity index is 1.38. The molecule has 27 heavy (non-hydrogen) atoms. The highest BCUT2D eigenvalue weighted by atomic mass is 19.1. The first-order chi connectivity index (χ1) is 12.7. The molecule has 4 rings (SSSR count). The maximum Gasteiger partial charge on any atom is 0.494 e. The van der Waals surface area contributed by atoms with Crippen molar-refractivity contribution in [2.45, 2.75) is 64.3 Å². The molecule has 0 aromatic heterocycles. The average molecular weight is 368 g/mol. The van der Waals surface area contributed by atoms with E-state index in [9.17, 15) is 4.39 Å². The molecule has 1 aliphatic heterocycles. The number of hydrogen-bond donors (Lipinski definition) is 0. The molecule has 1 saturated heterocycles. The predicted octanol–water partition coefficient (Wildman–Crippen LogP) is 4.58. The van der Waals surface area contributed by atoms with Crippen molar-refractivity contribution >= 4 is 12.6 Å². The van der Waals surface area contributed by atoms with Gasteiger partial charge >= 0.3 is 7.12 Å².